The van der Waals surface area contributed by atoms with E-state index < -0.39 is 0 Å². The van der Waals surface area contributed by atoms with Crippen molar-refractivity contribution in [2.24, 2.45) is 17.8 Å². The van der Waals surface area contributed by atoms with E-state index in [9.17, 15) is 0 Å². The summed E-state index contributed by atoms with van der Waals surface area (Å²) in [4.78, 5) is 2.71. The number of hydrogen-bond acceptors (Lipinski definition) is 2. The summed E-state index contributed by atoms with van der Waals surface area (Å²) in [5, 5.41) is 3.71. The van der Waals surface area contributed by atoms with Crippen LogP contribution < -0.4 is 5.32 Å². The van der Waals surface area contributed by atoms with Crippen molar-refractivity contribution in [2.45, 2.75) is 66.5 Å². The molecule has 108 valence electrons. The van der Waals surface area contributed by atoms with E-state index >= 15 is 0 Å². The van der Waals surface area contributed by atoms with Gasteiger partial charge in [-0.05, 0) is 38.0 Å². The predicted molar refractivity (Wildman–Crippen MR) is 80.9 cm³/mol. The molecule has 2 atom stereocenters. The van der Waals surface area contributed by atoms with Gasteiger partial charge in [0.05, 0.1) is 0 Å². The van der Waals surface area contributed by atoms with E-state index in [1.54, 1.807) is 0 Å². The summed E-state index contributed by atoms with van der Waals surface area (Å²) < 4.78 is 0. The van der Waals surface area contributed by atoms with Crippen LogP contribution in [-0.4, -0.2) is 36.1 Å². The highest BCUT2D eigenvalue weighted by atomic mass is 15.2. The van der Waals surface area contributed by atoms with Gasteiger partial charge in [0.1, 0.15) is 0 Å². The molecule has 0 aromatic heterocycles. The van der Waals surface area contributed by atoms with E-state index in [1.165, 1.54) is 19.5 Å². The molecule has 0 aromatic carbocycles. The SMILES string of the molecule is CCC1(C)CN(CC(C(C)C)C(C)C)C(C)CN1. The Balaban J connectivity index is 2.68. The first-order valence-corrected chi connectivity index (χ1v) is 7.78. The Labute approximate surface area is 115 Å². The molecule has 2 heteroatoms. The molecule has 18 heavy (non-hydrogen) atoms. The van der Waals surface area contributed by atoms with E-state index in [-0.39, 0.29) is 0 Å². The number of nitrogens with zero attached hydrogens (tertiary/aromatic N) is 1. The van der Waals surface area contributed by atoms with Gasteiger partial charge in [0, 0.05) is 31.2 Å². The van der Waals surface area contributed by atoms with E-state index in [0.717, 1.165) is 24.3 Å². The van der Waals surface area contributed by atoms with Gasteiger partial charge in [-0.25, -0.2) is 0 Å². The molecule has 1 heterocycles. The van der Waals surface area contributed by atoms with Crippen molar-refractivity contribution >= 4 is 0 Å². The lowest BCUT2D eigenvalue weighted by Crippen LogP contribution is -2.62. The Bertz CT molecular complexity index is 241. The third kappa shape index (κ3) is 3.96. The quantitative estimate of drug-likeness (QED) is 0.809. The zero-order valence-corrected chi connectivity index (χ0v) is 13.6. The molecule has 0 aromatic rings. The van der Waals surface area contributed by atoms with Gasteiger partial charge in [-0.2, -0.15) is 0 Å². The van der Waals surface area contributed by atoms with Crippen LogP contribution in [0.1, 0.15) is 54.9 Å². The fourth-order valence-corrected chi connectivity index (χ4v) is 3.13. The second kappa shape index (κ2) is 6.38. The summed E-state index contributed by atoms with van der Waals surface area (Å²) in [6, 6.07) is 0.671. The van der Waals surface area contributed by atoms with Crippen LogP contribution in [0.2, 0.25) is 0 Å². The summed E-state index contributed by atoms with van der Waals surface area (Å²) in [6.07, 6.45) is 1.21. The van der Waals surface area contributed by atoms with Crippen molar-refractivity contribution in [3.8, 4) is 0 Å². The third-order valence-electron chi connectivity index (χ3n) is 4.94. The normalized spacial score (nSPS) is 30.7. The van der Waals surface area contributed by atoms with Crippen LogP contribution in [-0.2, 0) is 0 Å². The first-order valence-electron chi connectivity index (χ1n) is 7.78. The van der Waals surface area contributed by atoms with E-state index in [0.29, 0.717) is 11.6 Å². The minimum Gasteiger partial charge on any atom is -0.309 e. The average Bonchev–Trinajstić information content (AvgIpc) is 2.29. The van der Waals surface area contributed by atoms with Crippen molar-refractivity contribution in [2.75, 3.05) is 19.6 Å². The fraction of sp³-hybridized carbons (Fsp3) is 1.00. The zero-order chi connectivity index (χ0) is 13.9. The van der Waals surface area contributed by atoms with Gasteiger partial charge in [-0.15, -0.1) is 0 Å². The smallest absolute Gasteiger partial charge is 0.0278 e. The molecule has 1 rings (SSSR count). The Morgan fingerprint density at radius 2 is 1.78 bits per heavy atom. The Hall–Kier alpha value is -0.0800. The molecule has 2 nitrogen and oxygen atoms in total. The van der Waals surface area contributed by atoms with Gasteiger partial charge in [0.2, 0.25) is 0 Å². The highest BCUT2D eigenvalue weighted by molar-refractivity contribution is 4.93. The molecule has 0 bridgehead atoms. The molecular weight excluding hydrogens is 220 g/mol. The van der Waals surface area contributed by atoms with Gasteiger partial charge >= 0.3 is 0 Å². The minimum atomic E-state index is 0.311. The fourth-order valence-electron chi connectivity index (χ4n) is 3.13. The molecule has 0 radical (unpaired) electrons. The maximum Gasteiger partial charge on any atom is 0.0278 e. The first-order chi connectivity index (χ1) is 8.29. The molecule has 0 saturated carbocycles. The summed E-state index contributed by atoms with van der Waals surface area (Å²) in [6.45, 7) is 20.1. The van der Waals surface area contributed by atoms with Crippen LogP contribution in [0.3, 0.4) is 0 Å². The van der Waals surface area contributed by atoms with Crippen LogP contribution in [0.5, 0.6) is 0 Å². The second-order valence-corrected chi connectivity index (χ2v) is 7.23. The Morgan fingerprint density at radius 1 is 1.22 bits per heavy atom. The molecule has 1 fully saturated rings. The van der Waals surface area contributed by atoms with Crippen molar-refractivity contribution in [3.05, 3.63) is 0 Å². The van der Waals surface area contributed by atoms with Crippen molar-refractivity contribution in [1.29, 1.82) is 0 Å². The highest BCUT2D eigenvalue weighted by Gasteiger charge is 2.34. The molecular formula is C16H34N2. The number of piperazine rings is 1. The second-order valence-electron chi connectivity index (χ2n) is 7.23. The molecule has 0 spiro atoms. The molecule has 1 saturated heterocycles. The summed E-state index contributed by atoms with van der Waals surface area (Å²) in [5.74, 6) is 2.37. The van der Waals surface area contributed by atoms with Crippen molar-refractivity contribution in [1.82, 2.24) is 10.2 Å². The Kier molecular flexibility index (Phi) is 5.67. The van der Waals surface area contributed by atoms with Crippen molar-refractivity contribution < 1.29 is 0 Å². The molecule has 2 unspecified atom stereocenters. The lowest BCUT2D eigenvalue weighted by atomic mass is 9.83. The highest BCUT2D eigenvalue weighted by Crippen LogP contribution is 2.26. The number of nitrogens with one attached hydrogen (secondary N) is 1. The largest absolute Gasteiger partial charge is 0.309 e. The molecule has 0 aliphatic carbocycles. The Morgan fingerprint density at radius 3 is 2.22 bits per heavy atom. The summed E-state index contributed by atoms with van der Waals surface area (Å²) >= 11 is 0. The van der Waals surface area contributed by atoms with E-state index in [4.69, 9.17) is 0 Å². The third-order valence-corrected chi connectivity index (χ3v) is 4.94. The van der Waals surface area contributed by atoms with E-state index in [2.05, 4.69) is 58.7 Å². The molecule has 1 N–H and O–H groups in total. The predicted octanol–water partition coefficient (Wildman–Crippen LogP) is 3.38. The van der Waals surface area contributed by atoms with Gasteiger partial charge in [0.15, 0.2) is 0 Å². The van der Waals surface area contributed by atoms with Crippen LogP contribution in [0.4, 0.5) is 0 Å². The van der Waals surface area contributed by atoms with Crippen LogP contribution >= 0.6 is 0 Å². The zero-order valence-electron chi connectivity index (χ0n) is 13.6. The van der Waals surface area contributed by atoms with Crippen LogP contribution in [0.25, 0.3) is 0 Å². The van der Waals surface area contributed by atoms with Crippen LogP contribution in [0, 0.1) is 17.8 Å². The topological polar surface area (TPSA) is 15.3 Å². The molecule has 0 amide bonds. The number of rotatable bonds is 5. The van der Waals surface area contributed by atoms with Crippen LogP contribution in [0.15, 0.2) is 0 Å². The molecule has 1 aliphatic rings. The van der Waals surface area contributed by atoms with Gasteiger partial charge in [-0.3, -0.25) is 4.90 Å². The van der Waals surface area contributed by atoms with Gasteiger partial charge in [0.25, 0.3) is 0 Å². The van der Waals surface area contributed by atoms with Gasteiger partial charge in [-0.1, -0.05) is 34.6 Å². The maximum absolute atomic E-state index is 3.71. The first kappa shape index (κ1) is 16.0. The lowest BCUT2D eigenvalue weighted by Gasteiger charge is -2.47. The standard InChI is InChI=1S/C16H34N2/c1-8-16(7)11-18(14(6)9-17-16)10-15(12(2)3)13(4)5/h12-15,17H,8-11H2,1-7H3. The van der Waals surface area contributed by atoms with Gasteiger partial charge < -0.3 is 5.32 Å². The van der Waals surface area contributed by atoms with Crippen molar-refractivity contribution in [3.63, 3.8) is 0 Å². The number of hydrogen-bond donors (Lipinski definition) is 1. The monoisotopic (exact) mass is 254 g/mol. The summed E-state index contributed by atoms with van der Waals surface area (Å²) in [5.41, 5.74) is 0.311. The maximum atomic E-state index is 3.71. The minimum absolute atomic E-state index is 0.311. The lowest BCUT2D eigenvalue weighted by molar-refractivity contribution is 0.0592. The average molecular weight is 254 g/mol. The summed E-state index contributed by atoms with van der Waals surface area (Å²) in [7, 11) is 0. The molecule has 1 aliphatic heterocycles. The van der Waals surface area contributed by atoms with E-state index in [1.807, 2.05) is 0 Å².